The van der Waals surface area contributed by atoms with Crippen LogP contribution in [0.4, 0.5) is 5.82 Å². The van der Waals surface area contributed by atoms with Crippen LogP contribution >= 0.6 is 0 Å². The molecule has 0 saturated heterocycles. The Morgan fingerprint density at radius 3 is 3.18 bits per heavy atom. The number of esters is 1. The maximum atomic E-state index is 11.0. The molecular weight excluding hydrogens is 218 g/mol. The number of carbonyl (C=O) groups excluding carboxylic acids is 1. The van der Waals surface area contributed by atoms with Gasteiger partial charge in [0.1, 0.15) is 0 Å². The van der Waals surface area contributed by atoms with E-state index in [1.165, 1.54) is 0 Å². The molecule has 0 bridgehead atoms. The average Bonchev–Trinajstić information content (AvgIpc) is 2.69. The highest BCUT2D eigenvalue weighted by molar-refractivity contribution is 5.91. The Kier molecular flexibility index (Phi) is 2.97. The van der Waals surface area contributed by atoms with Gasteiger partial charge in [0.15, 0.2) is 5.82 Å². The summed E-state index contributed by atoms with van der Waals surface area (Å²) in [6.45, 7) is 2.06. The number of aromatic amines is 1. The molecule has 1 aromatic heterocycles. The summed E-state index contributed by atoms with van der Waals surface area (Å²) in [5, 5.41) is 7.50. The van der Waals surface area contributed by atoms with Crippen LogP contribution in [0.2, 0.25) is 0 Å². The average molecular weight is 229 g/mol. The lowest BCUT2D eigenvalue weighted by atomic mass is 10.1. The third-order valence-electron chi connectivity index (χ3n) is 2.18. The number of rotatable bonds is 1. The first-order valence-corrected chi connectivity index (χ1v) is 5.13. The van der Waals surface area contributed by atoms with E-state index in [0.29, 0.717) is 18.0 Å². The van der Waals surface area contributed by atoms with Crippen molar-refractivity contribution in [3.05, 3.63) is 23.8 Å². The molecular formula is C12H11N3O2. The van der Waals surface area contributed by atoms with Gasteiger partial charge >= 0.3 is 5.97 Å². The number of fused-ring (bicyclic) bond motifs is 1. The SMILES string of the molecule is CCOC(=O)C#Cc1ccc2c(N)n[nH]c2c1. The van der Waals surface area contributed by atoms with E-state index < -0.39 is 5.97 Å². The zero-order valence-electron chi connectivity index (χ0n) is 9.28. The van der Waals surface area contributed by atoms with Crippen LogP contribution in [0.5, 0.6) is 0 Å². The Hall–Kier alpha value is -2.48. The molecule has 0 aliphatic carbocycles. The summed E-state index contributed by atoms with van der Waals surface area (Å²) in [5.74, 6) is 5.03. The molecule has 0 saturated carbocycles. The molecule has 1 heterocycles. The van der Waals surface area contributed by atoms with E-state index in [1.807, 2.05) is 6.07 Å². The summed E-state index contributed by atoms with van der Waals surface area (Å²) in [5.41, 5.74) is 7.13. The molecule has 5 heteroatoms. The fraction of sp³-hybridized carbons (Fsp3) is 0.167. The van der Waals surface area contributed by atoms with Gasteiger partial charge < -0.3 is 10.5 Å². The number of nitrogens with two attached hydrogens (primary N) is 1. The van der Waals surface area contributed by atoms with Crippen molar-refractivity contribution in [3.8, 4) is 11.8 Å². The Morgan fingerprint density at radius 2 is 2.41 bits per heavy atom. The van der Waals surface area contributed by atoms with Gasteiger partial charge in [-0.25, -0.2) is 4.79 Å². The number of nitrogens with zero attached hydrogens (tertiary/aromatic N) is 1. The number of carbonyl (C=O) groups is 1. The van der Waals surface area contributed by atoms with E-state index >= 15 is 0 Å². The van der Waals surface area contributed by atoms with Crippen LogP contribution in [-0.2, 0) is 9.53 Å². The van der Waals surface area contributed by atoms with E-state index in [2.05, 4.69) is 22.0 Å². The first kappa shape index (κ1) is 11.0. The molecule has 17 heavy (non-hydrogen) atoms. The first-order chi connectivity index (χ1) is 8.20. The summed E-state index contributed by atoms with van der Waals surface area (Å²) in [7, 11) is 0. The van der Waals surface area contributed by atoms with Crippen molar-refractivity contribution >= 4 is 22.7 Å². The number of hydrogen-bond donors (Lipinski definition) is 2. The third-order valence-corrected chi connectivity index (χ3v) is 2.18. The van der Waals surface area contributed by atoms with Crippen LogP contribution in [0.3, 0.4) is 0 Å². The summed E-state index contributed by atoms with van der Waals surface area (Å²) in [4.78, 5) is 11.0. The number of nitrogen functional groups attached to an aromatic ring is 1. The van der Waals surface area contributed by atoms with Crippen LogP contribution in [0.1, 0.15) is 12.5 Å². The molecule has 2 aromatic rings. The molecule has 0 spiro atoms. The lowest BCUT2D eigenvalue weighted by Crippen LogP contribution is -1.99. The fourth-order valence-electron chi connectivity index (χ4n) is 1.41. The maximum Gasteiger partial charge on any atom is 0.384 e. The maximum absolute atomic E-state index is 11.0. The second-order valence-corrected chi connectivity index (χ2v) is 3.34. The molecule has 86 valence electrons. The summed E-state index contributed by atoms with van der Waals surface area (Å²) >= 11 is 0. The highest BCUT2D eigenvalue weighted by Gasteiger charge is 2.01. The van der Waals surface area contributed by atoms with Gasteiger partial charge in [-0.15, -0.1) is 0 Å². The number of H-pyrrole nitrogens is 1. The predicted octanol–water partition coefficient (Wildman–Crippen LogP) is 1.06. The molecule has 0 fully saturated rings. The number of aromatic nitrogens is 2. The molecule has 0 unspecified atom stereocenters. The molecule has 5 nitrogen and oxygen atoms in total. The highest BCUT2D eigenvalue weighted by Crippen LogP contribution is 2.18. The number of anilines is 1. The smallest absolute Gasteiger partial charge is 0.384 e. The van der Waals surface area contributed by atoms with Gasteiger partial charge in [0, 0.05) is 16.9 Å². The predicted molar refractivity (Wildman–Crippen MR) is 64.0 cm³/mol. The van der Waals surface area contributed by atoms with Crippen molar-refractivity contribution in [1.29, 1.82) is 0 Å². The Balaban J connectivity index is 2.28. The molecule has 1 aromatic carbocycles. The van der Waals surface area contributed by atoms with Crippen LogP contribution in [0, 0.1) is 11.8 Å². The lowest BCUT2D eigenvalue weighted by Gasteiger charge is -1.93. The van der Waals surface area contributed by atoms with Gasteiger partial charge in [0.05, 0.1) is 12.1 Å². The van der Waals surface area contributed by atoms with Gasteiger partial charge in [-0.2, -0.15) is 5.10 Å². The first-order valence-electron chi connectivity index (χ1n) is 5.13. The molecule has 2 rings (SSSR count). The quantitative estimate of drug-likeness (QED) is 0.566. The summed E-state index contributed by atoms with van der Waals surface area (Å²) < 4.78 is 4.70. The Bertz CT molecular complexity index is 619. The summed E-state index contributed by atoms with van der Waals surface area (Å²) in [6.07, 6.45) is 0. The summed E-state index contributed by atoms with van der Waals surface area (Å²) in [6, 6.07) is 5.37. The minimum absolute atomic E-state index is 0.323. The van der Waals surface area contributed by atoms with Gasteiger partial charge in [-0.3, -0.25) is 5.10 Å². The number of ether oxygens (including phenoxy) is 1. The highest BCUT2D eigenvalue weighted by atomic mass is 16.5. The second kappa shape index (κ2) is 4.58. The minimum Gasteiger partial charge on any atom is -0.456 e. The molecule has 0 aliphatic heterocycles. The fourth-order valence-corrected chi connectivity index (χ4v) is 1.41. The zero-order valence-corrected chi connectivity index (χ0v) is 9.28. The largest absolute Gasteiger partial charge is 0.456 e. The second-order valence-electron chi connectivity index (χ2n) is 3.34. The van der Waals surface area contributed by atoms with Crippen LogP contribution in [0.15, 0.2) is 18.2 Å². The normalized spacial score (nSPS) is 9.71. The van der Waals surface area contributed by atoms with Crippen molar-refractivity contribution in [2.45, 2.75) is 6.92 Å². The standard InChI is InChI=1S/C12H11N3O2/c1-2-17-11(16)6-4-8-3-5-9-10(7-8)14-15-12(9)13/h3,5,7H,2H2,1H3,(H3,13,14,15). The molecule has 0 aliphatic rings. The van der Waals surface area contributed by atoms with Crippen LogP contribution in [-0.4, -0.2) is 22.8 Å². The van der Waals surface area contributed by atoms with Crippen molar-refractivity contribution < 1.29 is 9.53 Å². The van der Waals surface area contributed by atoms with Crippen molar-refractivity contribution in [3.63, 3.8) is 0 Å². The van der Waals surface area contributed by atoms with Gasteiger partial charge in [-0.05, 0) is 25.1 Å². The number of benzene rings is 1. The molecule has 0 amide bonds. The van der Waals surface area contributed by atoms with Crippen LogP contribution < -0.4 is 5.73 Å². The van der Waals surface area contributed by atoms with Gasteiger partial charge in [-0.1, -0.05) is 5.92 Å². The van der Waals surface area contributed by atoms with Crippen molar-refractivity contribution in [1.82, 2.24) is 10.2 Å². The zero-order chi connectivity index (χ0) is 12.3. The molecule has 0 radical (unpaired) electrons. The van der Waals surface area contributed by atoms with E-state index in [9.17, 15) is 4.79 Å². The molecule has 0 atom stereocenters. The van der Waals surface area contributed by atoms with Crippen LogP contribution in [0.25, 0.3) is 10.9 Å². The third kappa shape index (κ3) is 2.37. The number of hydrogen-bond acceptors (Lipinski definition) is 4. The Labute approximate surface area is 97.9 Å². The van der Waals surface area contributed by atoms with Crippen molar-refractivity contribution in [2.24, 2.45) is 0 Å². The van der Waals surface area contributed by atoms with Gasteiger partial charge in [0.25, 0.3) is 0 Å². The van der Waals surface area contributed by atoms with E-state index in [1.54, 1.807) is 19.1 Å². The van der Waals surface area contributed by atoms with E-state index in [4.69, 9.17) is 10.5 Å². The topological polar surface area (TPSA) is 81.0 Å². The monoisotopic (exact) mass is 229 g/mol. The Morgan fingerprint density at radius 1 is 1.59 bits per heavy atom. The number of nitrogens with one attached hydrogen (secondary N) is 1. The minimum atomic E-state index is -0.531. The van der Waals surface area contributed by atoms with E-state index in [-0.39, 0.29) is 0 Å². The van der Waals surface area contributed by atoms with Crippen molar-refractivity contribution in [2.75, 3.05) is 12.3 Å². The lowest BCUT2D eigenvalue weighted by molar-refractivity contribution is -0.136. The van der Waals surface area contributed by atoms with E-state index in [0.717, 1.165) is 10.9 Å². The molecule has 3 N–H and O–H groups in total. The van der Waals surface area contributed by atoms with Gasteiger partial charge in [0.2, 0.25) is 0 Å².